The van der Waals surface area contributed by atoms with Crippen molar-refractivity contribution in [1.82, 2.24) is 15.0 Å². The van der Waals surface area contributed by atoms with Gasteiger partial charge in [0.15, 0.2) is 5.82 Å². The maximum Gasteiger partial charge on any atom is 0.160 e. The fourth-order valence-corrected chi connectivity index (χ4v) is 9.85. The second-order valence-corrected chi connectivity index (χ2v) is 15.4. The van der Waals surface area contributed by atoms with Crippen molar-refractivity contribution in [1.29, 1.82) is 0 Å². The molecule has 8 aromatic carbocycles. The molecule has 0 unspecified atom stereocenters. The SMILES string of the molecule is c1ccc(-c2cc(-c3ccc(-c4ccccc4-c4nc5ccccc5c5c4-c4ccccc4C54c5ccccc5-c5ccccc54)cc3)nc(-c3ccccc3)n2)cc1. The number of fused-ring (bicyclic) bond motifs is 12. The summed E-state index contributed by atoms with van der Waals surface area (Å²) in [4.78, 5) is 15.7. The Morgan fingerprint density at radius 3 is 1.42 bits per heavy atom. The Bertz CT molecular complexity index is 3160. The van der Waals surface area contributed by atoms with Crippen LogP contribution in [0.4, 0.5) is 0 Å². The number of pyridine rings is 1. The average Bonchev–Trinajstić information content (AvgIpc) is 3.80. The Labute approximate surface area is 343 Å². The van der Waals surface area contributed by atoms with Crippen LogP contribution >= 0.6 is 0 Å². The Hall–Kier alpha value is -7.75. The fraction of sp³-hybridized carbons (Fsp3) is 0.0179. The molecule has 0 aliphatic heterocycles. The number of aromatic nitrogens is 3. The summed E-state index contributed by atoms with van der Waals surface area (Å²) in [5.41, 5.74) is 20.0. The van der Waals surface area contributed by atoms with Gasteiger partial charge in [-0.3, -0.25) is 0 Å². The summed E-state index contributed by atoms with van der Waals surface area (Å²) in [5, 5.41) is 1.19. The van der Waals surface area contributed by atoms with Crippen LogP contribution in [0.5, 0.6) is 0 Å². The highest BCUT2D eigenvalue weighted by Gasteiger charge is 2.53. The summed E-state index contributed by atoms with van der Waals surface area (Å²) in [5.74, 6) is 0.707. The van der Waals surface area contributed by atoms with Crippen LogP contribution in [0, 0.1) is 0 Å². The first-order chi connectivity index (χ1) is 29.3. The van der Waals surface area contributed by atoms with Crippen molar-refractivity contribution in [3.05, 3.63) is 235 Å². The standard InChI is InChI=1S/C56H35N3/c1-3-17-37(18-4-1)50-35-51(59-55(58-50)39-19-5-2-6-20-39)38-33-31-36(32-34-38)40-21-7-8-24-43(40)54-52-44-25-11-15-29-48(44)56(53(52)45-26-12-16-30-49(45)57-54)46-27-13-9-22-41(46)42-23-10-14-28-47(42)56/h1-35H. The monoisotopic (exact) mass is 749 g/mol. The summed E-state index contributed by atoms with van der Waals surface area (Å²) < 4.78 is 0. The van der Waals surface area contributed by atoms with Gasteiger partial charge in [0.25, 0.3) is 0 Å². The highest BCUT2D eigenvalue weighted by Crippen LogP contribution is 2.65. The number of hydrogen-bond donors (Lipinski definition) is 0. The molecule has 2 aromatic heterocycles. The molecule has 0 fully saturated rings. The smallest absolute Gasteiger partial charge is 0.160 e. The first-order valence-electron chi connectivity index (χ1n) is 20.2. The number of rotatable bonds is 5. The molecule has 3 heteroatoms. The first-order valence-corrected chi connectivity index (χ1v) is 20.2. The predicted molar refractivity (Wildman–Crippen MR) is 241 cm³/mol. The van der Waals surface area contributed by atoms with Crippen molar-refractivity contribution in [2.75, 3.05) is 0 Å². The zero-order valence-electron chi connectivity index (χ0n) is 32.0. The Morgan fingerprint density at radius 1 is 0.322 bits per heavy atom. The summed E-state index contributed by atoms with van der Waals surface area (Å²) in [6, 6.07) is 76.0. The zero-order chi connectivity index (χ0) is 38.9. The molecular formula is C56H35N3. The molecule has 2 heterocycles. The van der Waals surface area contributed by atoms with Gasteiger partial charge >= 0.3 is 0 Å². The maximum atomic E-state index is 5.59. The van der Waals surface area contributed by atoms with E-state index in [0.717, 1.165) is 56.0 Å². The normalized spacial score (nSPS) is 12.9. The molecule has 0 amide bonds. The molecule has 12 rings (SSSR count). The van der Waals surface area contributed by atoms with Gasteiger partial charge in [0.1, 0.15) is 0 Å². The summed E-state index contributed by atoms with van der Waals surface area (Å²) in [6.45, 7) is 0. The second kappa shape index (κ2) is 13.2. The summed E-state index contributed by atoms with van der Waals surface area (Å²) >= 11 is 0. The van der Waals surface area contributed by atoms with Crippen LogP contribution < -0.4 is 0 Å². The van der Waals surface area contributed by atoms with Crippen LogP contribution in [0.2, 0.25) is 0 Å². The third kappa shape index (κ3) is 4.98. The van der Waals surface area contributed by atoms with E-state index in [4.69, 9.17) is 15.0 Å². The van der Waals surface area contributed by atoms with Gasteiger partial charge in [0.05, 0.1) is 28.0 Å². The zero-order valence-corrected chi connectivity index (χ0v) is 32.0. The van der Waals surface area contributed by atoms with Crippen molar-refractivity contribution in [2.45, 2.75) is 5.41 Å². The molecule has 0 radical (unpaired) electrons. The molecule has 10 aromatic rings. The number of benzene rings is 8. The van der Waals surface area contributed by atoms with E-state index in [0.29, 0.717) is 5.82 Å². The molecule has 2 aliphatic carbocycles. The molecular weight excluding hydrogens is 715 g/mol. The van der Waals surface area contributed by atoms with Gasteiger partial charge in [-0.25, -0.2) is 15.0 Å². The average molecular weight is 750 g/mol. The minimum absolute atomic E-state index is 0.484. The molecule has 0 N–H and O–H groups in total. The first kappa shape index (κ1) is 33.4. The van der Waals surface area contributed by atoms with Crippen molar-refractivity contribution in [3.8, 4) is 78.5 Å². The molecule has 1 spiro atoms. The van der Waals surface area contributed by atoms with Gasteiger partial charge in [-0.05, 0) is 62.2 Å². The van der Waals surface area contributed by atoms with Gasteiger partial charge in [0, 0.05) is 33.2 Å². The lowest BCUT2D eigenvalue weighted by atomic mass is 9.69. The van der Waals surface area contributed by atoms with Crippen LogP contribution in [0.3, 0.4) is 0 Å². The highest BCUT2D eigenvalue weighted by molar-refractivity contribution is 6.07. The molecule has 0 bridgehead atoms. The van der Waals surface area contributed by atoms with Gasteiger partial charge in [-0.1, -0.05) is 200 Å². The molecule has 0 saturated carbocycles. The molecule has 0 atom stereocenters. The van der Waals surface area contributed by atoms with E-state index in [1.807, 2.05) is 24.3 Å². The van der Waals surface area contributed by atoms with Gasteiger partial charge in [-0.2, -0.15) is 0 Å². The Morgan fingerprint density at radius 2 is 0.780 bits per heavy atom. The second-order valence-electron chi connectivity index (χ2n) is 15.4. The van der Waals surface area contributed by atoms with Gasteiger partial charge in [-0.15, -0.1) is 0 Å². The van der Waals surface area contributed by atoms with Crippen molar-refractivity contribution in [3.63, 3.8) is 0 Å². The van der Waals surface area contributed by atoms with Crippen molar-refractivity contribution in [2.24, 2.45) is 0 Å². The number of para-hydroxylation sites is 1. The third-order valence-electron chi connectivity index (χ3n) is 12.3. The van der Waals surface area contributed by atoms with Crippen LogP contribution in [0.25, 0.3) is 89.4 Å². The van der Waals surface area contributed by atoms with E-state index in [2.05, 4.69) is 188 Å². The lowest BCUT2D eigenvalue weighted by molar-refractivity contribution is 0.801. The summed E-state index contributed by atoms with van der Waals surface area (Å²) in [6.07, 6.45) is 0. The van der Waals surface area contributed by atoms with Crippen molar-refractivity contribution >= 4 is 10.9 Å². The predicted octanol–water partition coefficient (Wildman–Crippen LogP) is 13.7. The van der Waals surface area contributed by atoms with E-state index >= 15 is 0 Å². The van der Waals surface area contributed by atoms with Gasteiger partial charge in [0.2, 0.25) is 0 Å². The van der Waals surface area contributed by atoms with E-state index in [1.54, 1.807) is 0 Å². The molecule has 3 nitrogen and oxygen atoms in total. The highest BCUT2D eigenvalue weighted by atomic mass is 14.9. The largest absolute Gasteiger partial charge is 0.247 e. The minimum Gasteiger partial charge on any atom is -0.247 e. The molecule has 0 saturated heterocycles. The van der Waals surface area contributed by atoms with Crippen LogP contribution in [-0.4, -0.2) is 15.0 Å². The molecule has 59 heavy (non-hydrogen) atoms. The van der Waals surface area contributed by atoms with E-state index in [-0.39, 0.29) is 0 Å². The fourth-order valence-electron chi connectivity index (χ4n) is 9.85. The summed E-state index contributed by atoms with van der Waals surface area (Å²) in [7, 11) is 0. The quantitative estimate of drug-likeness (QED) is 0.176. The van der Waals surface area contributed by atoms with Crippen LogP contribution in [0.15, 0.2) is 212 Å². The van der Waals surface area contributed by atoms with Crippen molar-refractivity contribution < 1.29 is 0 Å². The number of nitrogens with zero attached hydrogens (tertiary/aromatic N) is 3. The molecule has 2 aliphatic rings. The maximum absolute atomic E-state index is 5.59. The minimum atomic E-state index is -0.484. The third-order valence-corrected chi connectivity index (χ3v) is 12.3. The van der Waals surface area contributed by atoms with E-state index in [1.165, 1.54) is 49.9 Å². The lowest BCUT2D eigenvalue weighted by Crippen LogP contribution is -2.26. The molecule has 274 valence electrons. The topological polar surface area (TPSA) is 38.7 Å². The van der Waals surface area contributed by atoms with E-state index < -0.39 is 5.41 Å². The van der Waals surface area contributed by atoms with Crippen LogP contribution in [-0.2, 0) is 5.41 Å². The Balaban J connectivity index is 1.05. The van der Waals surface area contributed by atoms with E-state index in [9.17, 15) is 0 Å². The number of hydrogen-bond acceptors (Lipinski definition) is 3. The lowest BCUT2D eigenvalue weighted by Gasteiger charge is -2.31. The Kier molecular flexibility index (Phi) is 7.45. The van der Waals surface area contributed by atoms with Gasteiger partial charge < -0.3 is 0 Å². The van der Waals surface area contributed by atoms with Crippen LogP contribution in [0.1, 0.15) is 22.3 Å².